The van der Waals surface area contributed by atoms with Gasteiger partial charge in [-0.05, 0) is 75.7 Å². The van der Waals surface area contributed by atoms with Crippen LogP contribution in [0.5, 0.6) is 0 Å². The molecule has 0 bridgehead atoms. The summed E-state index contributed by atoms with van der Waals surface area (Å²) in [6.45, 7) is 13.4. The van der Waals surface area contributed by atoms with E-state index in [0.717, 1.165) is 19.3 Å². The second kappa shape index (κ2) is 8.36. The van der Waals surface area contributed by atoms with Crippen molar-refractivity contribution in [2.24, 2.45) is 39.9 Å². The Bertz CT molecular complexity index is 1050. The fourth-order valence-corrected chi connectivity index (χ4v) is 8.77. The first kappa shape index (κ1) is 27.3. The van der Waals surface area contributed by atoms with Gasteiger partial charge in [0.1, 0.15) is 22.8 Å². The highest BCUT2D eigenvalue weighted by Crippen LogP contribution is 2.72. The first-order valence-electron chi connectivity index (χ1n) is 13.6. The Hall–Kier alpha value is -1.79. The number of carboxylic acid groups (broad SMARTS) is 1. The number of aliphatic hydroxyl groups is 2. The van der Waals surface area contributed by atoms with E-state index in [2.05, 4.69) is 20.8 Å². The Labute approximate surface area is 215 Å². The summed E-state index contributed by atoms with van der Waals surface area (Å²) in [5.41, 5.74) is -2.99. The summed E-state index contributed by atoms with van der Waals surface area (Å²) in [6, 6.07) is 0. The van der Waals surface area contributed by atoms with Gasteiger partial charge in [0.15, 0.2) is 0 Å². The first-order valence-corrected chi connectivity index (χ1v) is 13.6. The number of Topliss-reactive ketones (excluding diaryl/α,β-unsaturated/α-hetero) is 2. The van der Waals surface area contributed by atoms with Crippen molar-refractivity contribution < 1.29 is 29.7 Å². The molecule has 6 nitrogen and oxygen atoms in total. The van der Waals surface area contributed by atoms with E-state index >= 15 is 0 Å². The Kier molecular flexibility index (Phi) is 6.33. The molecule has 4 rings (SSSR count). The van der Waals surface area contributed by atoms with E-state index in [1.807, 2.05) is 19.9 Å². The van der Waals surface area contributed by atoms with Crippen LogP contribution in [-0.2, 0) is 14.4 Å². The van der Waals surface area contributed by atoms with Crippen molar-refractivity contribution in [3.05, 3.63) is 23.3 Å². The normalized spacial score (nSPS) is 44.4. The van der Waals surface area contributed by atoms with Crippen molar-refractivity contribution in [3.63, 3.8) is 0 Å². The molecule has 36 heavy (non-hydrogen) atoms. The monoisotopic (exact) mass is 500 g/mol. The van der Waals surface area contributed by atoms with Crippen LogP contribution < -0.4 is 0 Å². The van der Waals surface area contributed by atoms with Crippen molar-refractivity contribution in [2.45, 2.75) is 105 Å². The van der Waals surface area contributed by atoms with Gasteiger partial charge in [0, 0.05) is 28.7 Å². The van der Waals surface area contributed by atoms with Crippen molar-refractivity contribution in [1.29, 1.82) is 0 Å². The molecule has 0 unspecified atom stereocenters. The first-order chi connectivity index (χ1) is 16.4. The van der Waals surface area contributed by atoms with Gasteiger partial charge >= 0.3 is 5.97 Å². The predicted molar refractivity (Wildman–Crippen MR) is 137 cm³/mol. The minimum atomic E-state index is -1.61. The van der Waals surface area contributed by atoms with Crippen LogP contribution in [0.2, 0.25) is 0 Å². The molecule has 0 aliphatic heterocycles. The third kappa shape index (κ3) is 3.46. The van der Waals surface area contributed by atoms with Gasteiger partial charge < -0.3 is 15.3 Å². The molecule has 0 aromatic heterocycles. The molecule has 0 radical (unpaired) electrons. The summed E-state index contributed by atoms with van der Waals surface area (Å²) in [4.78, 5) is 37.4. The largest absolute Gasteiger partial charge is 0.478 e. The maximum atomic E-state index is 13.6. The highest BCUT2D eigenvalue weighted by Gasteiger charge is 2.75. The van der Waals surface area contributed by atoms with Crippen LogP contribution >= 0.6 is 0 Å². The maximum absolute atomic E-state index is 13.6. The Balaban J connectivity index is 1.63. The molecule has 3 fully saturated rings. The minimum Gasteiger partial charge on any atom is -0.478 e. The number of fused-ring (bicyclic) bond motifs is 5. The van der Waals surface area contributed by atoms with Gasteiger partial charge in [-0.25, -0.2) is 4.79 Å². The molecule has 4 aliphatic rings. The topological polar surface area (TPSA) is 112 Å². The van der Waals surface area contributed by atoms with Gasteiger partial charge in [0.25, 0.3) is 0 Å². The summed E-state index contributed by atoms with van der Waals surface area (Å²) in [5, 5.41) is 33.1. The number of rotatable bonds is 6. The Morgan fingerprint density at radius 1 is 1.14 bits per heavy atom. The molecule has 6 heteroatoms. The molecule has 200 valence electrons. The van der Waals surface area contributed by atoms with Crippen LogP contribution in [0, 0.1) is 39.9 Å². The molecule has 3 saturated carbocycles. The van der Waals surface area contributed by atoms with Crippen molar-refractivity contribution in [2.75, 3.05) is 0 Å². The predicted octanol–water partition coefficient (Wildman–Crippen LogP) is 4.87. The van der Waals surface area contributed by atoms with Crippen LogP contribution in [0.4, 0.5) is 0 Å². The molecule has 0 amide bonds. The van der Waals surface area contributed by atoms with Crippen molar-refractivity contribution in [3.8, 4) is 0 Å². The van der Waals surface area contributed by atoms with Crippen LogP contribution in [0.25, 0.3) is 0 Å². The summed E-state index contributed by atoms with van der Waals surface area (Å²) < 4.78 is 0. The van der Waals surface area contributed by atoms with Gasteiger partial charge in [0.2, 0.25) is 0 Å². The van der Waals surface area contributed by atoms with Gasteiger partial charge in [-0.1, -0.05) is 46.3 Å². The molecule has 0 aromatic rings. The van der Waals surface area contributed by atoms with E-state index in [-0.39, 0.29) is 34.5 Å². The van der Waals surface area contributed by atoms with E-state index in [1.165, 1.54) is 12.5 Å². The van der Waals surface area contributed by atoms with E-state index < -0.39 is 33.9 Å². The zero-order valence-electron chi connectivity index (χ0n) is 23.0. The summed E-state index contributed by atoms with van der Waals surface area (Å²) in [6.07, 6.45) is 7.96. The average molecular weight is 501 g/mol. The SMILES string of the molecule is CC(=CCC[C@H](C)C(=O)[C@@H]1C[C@@]2(C)[C@@H]3CC[C@H]4C(C)(C)C(=O)CC[C@]4(C)C3=C[C@@]2(O)[C@]1(C)O)C(=O)O. The van der Waals surface area contributed by atoms with Crippen molar-refractivity contribution >= 4 is 17.5 Å². The summed E-state index contributed by atoms with van der Waals surface area (Å²) >= 11 is 0. The molecule has 3 N–H and O–H groups in total. The standard InChI is InChI=1S/C30H44O6/c1-17(9-8-10-18(2)25(33)34)24(32)21-15-28(6)19-11-12-22-26(3,4)23(31)13-14-27(22,5)20(19)16-30(28,36)29(21,7)35/h10,16-17,19,21-22,35-36H,8-9,11-15H2,1-7H3,(H,33,34)/t17-,19+,21-,22-,27+,28-,29+,30-/m0/s1. The smallest absolute Gasteiger partial charge is 0.330 e. The second-order valence-electron chi connectivity index (χ2n) is 13.5. The van der Waals surface area contributed by atoms with E-state index in [9.17, 15) is 24.6 Å². The number of allylic oxidation sites excluding steroid dienone is 2. The van der Waals surface area contributed by atoms with Gasteiger partial charge in [0.05, 0.1) is 5.92 Å². The molecule has 0 spiro atoms. The third-order valence-corrected chi connectivity index (χ3v) is 11.3. The second-order valence-corrected chi connectivity index (χ2v) is 13.5. The number of carbonyl (C=O) groups is 3. The number of aliphatic carboxylic acids is 1. The number of hydrogen-bond acceptors (Lipinski definition) is 5. The van der Waals surface area contributed by atoms with E-state index in [1.54, 1.807) is 13.0 Å². The summed E-state index contributed by atoms with van der Waals surface area (Å²) in [7, 11) is 0. The highest BCUT2D eigenvalue weighted by atomic mass is 16.4. The number of carbonyl (C=O) groups excluding carboxylic acids is 2. The lowest BCUT2D eigenvalue weighted by Crippen LogP contribution is -2.57. The maximum Gasteiger partial charge on any atom is 0.330 e. The summed E-state index contributed by atoms with van der Waals surface area (Å²) in [5.74, 6) is -1.51. The molecule has 0 aromatic carbocycles. The van der Waals surface area contributed by atoms with Gasteiger partial charge in [-0.2, -0.15) is 0 Å². The quantitative estimate of drug-likeness (QED) is 0.354. The van der Waals surface area contributed by atoms with E-state index in [4.69, 9.17) is 5.11 Å². The Morgan fingerprint density at radius 3 is 2.39 bits per heavy atom. The molecule has 0 heterocycles. The third-order valence-electron chi connectivity index (χ3n) is 11.3. The average Bonchev–Trinajstić information content (AvgIpc) is 3.12. The number of carboxylic acids is 1. The lowest BCUT2D eigenvalue weighted by Gasteiger charge is -2.56. The fraction of sp³-hybridized carbons (Fsp3) is 0.767. The molecular formula is C30H44O6. The molecule has 8 atom stereocenters. The lowest BCUT2D eigenvalue weighted by atomic mass is 9.47. The van der Waals surface area contributed by atoms with Crippen LogP contribution in [-0.4, -0.2) is 44.1 Å². The van der Waals surface area contributed by atoms with Crippen LogP contribution in [0.1, 0.15) is 93.4 Å². The lowest BCUT2D eigenvalue weighted by molar-refractivity contribution is -0.160. The highest BCUT2D eigenvalue weighted by molar-refractivity contribution is 5.87. The number of ketones is 2. The van der Waals surface area contributed by atoms with E-state index in [0.29, 0.717) is 31.5 Å². The van der Waals surface area contributed by atoms with Gasteiger partial charge in [-0.15, -0.1) is 0 Å². The van der Waals surface area contributed by atoms with Crippen molar-refractivity contribution in [1.82, 2.24) is 0 Å². The van der Waals surface area contributed by atoms with Crippen LogP contribution in [0.15, 0.2) is 23.3 Å². The zero-order chi connectivity index (χ0) is 27.1. The van der Waals surface area contributed by atoms with Crippen LogP contribution in [0.3, 0.4) is 0 Å². The fourth-order valence-electron chi connectivity index (χ4n) is 8.77. The van der Waals surface area contributed by atoms with Gasteiger partial charge in [-0.3, -0.25) is 9.59 Å². The molecular weight excluding hydrogens is 456 g/mol. The minimum absolute atomic E-state index is 0.0634. The zero-order valence-corrected chi connectivity index (χ0v) is 23.0. The molecule has 0 saturated heterocycles. The number of hydrogen-bond donors (Lipinski definition) is 3. The Morgan fingerprint density at radius 2 is 1.78 bits per heavy atom. The molecule has 4 aliphatic carbocycles.